The number of amides is 1. The number of hydrogen-bond acceptors (Lipinski definition) is 4. The SMILES string of the molecule is O=C(CCS(=O)(=O)C(F)(F)F)N1CCc2cc(Oc3ccc(C(F)(F)F)cc3)ccc2C1. The maximum absolute atomic E-state index is 12.6. The zero-order valence-electron chi connectivity index (χ0n) is 16.3. The highest BCUT2D eigenvalue weighted by molar-refractivity contribution is 7.92. The van der Waals surface area contributed by atoms with E-state index >= 15 is 0 Å². The Balaban J connectivity index is 1.62. The topological polar surface area (TPSA) is 63.7 Å². The number of sulfone groups is 1. The Morgan fingerprint density at radius 3 is 2.16 bits per heavy atom. The van der Waals surface area contributed by atoms with Crippen molar-refractivity contribution in [3.63, 3.8) is 0 Å². The molecule has 0 atom stereocenters. The second-order valence-corrected chi connectivity index (χ2v) is 9.24. The van der Waals surface area contributed by atoms with Crippen molar-refractivity contribution in [3.05, 3.63) is 59.2 Å². The summed E-state index contributed by atoms with van der Waals surface area (Å²) >= 11 is 0. The van der Waals surface area contributed by atoms with Crippen LogP contribution in [-0.2, 0) is 33.8 Å². The molecule has 12 heteroatoms. The summed E-state index contributed by atoms with van der Waals surface area (Å²) in [5.74, 6) is -1.43. The summed E-state index contributed by atoms with van der Waals surface area (Å²) in [7, 11) is -5.36. The molecule has 1 aliphatic rings. The van der Waals surface area contributed by atoms with Crippen LogP contribution in [0.1, 0.15) is 23.1 Å². The summed E-state index contributed by atoms with van der Waals surface area (Å²) in [6.45, 7) is 0.280. The first kappa shape index (κ1) is 23.9. The highest BCUT2D eigenvalue weighted by Crippen LogP contribution is 2.32. The van der Waals surface area contributed by atoms with Gasteiger partial charge in [-0.25, -0.2) is 8.42 Å². The summed E-state index contributed by atoms with van der Waals surface area (Å²) in [6, 6.07) is 9.05. The molecule has 0 aliphatic carbocycles. The van der Waals surface area contributed by atoms with Crippen LogP contribution in [-0.4, -0.2) is 37.0 Å². The Kier molecular flexibility index (Phi) is 6.45. The number of carbonyl (C=O) groups excluding carboxylic acids is 1. The highest BCUT2D eigenvalue weighted by atomic mass is 32.2. The third kappa shape index (κ3) is 5.53. The van der Waals surface area contributed by atoms with Gasteiger partial charge in [-0.2, -0.15) is 26.3 Å². The maximum Gasteiger partial charge on any atom is 0.497 e. The van der Waals surface area contributed by atoms with E-state index in [9.17, 15) is 39.6 Å². The number of alkyl halides is 6. The van der Waals surface area contributed by atoms with Crippen LogP contribution in [0.15, 0.2) is 42.5 Å². The van der Waals surface area contributed by atoms with E-state index in [1.807, 2.05) is 0 Å². The van der Waals surface area contributed by atoms with E-state index in [4.69, 9.17) is 4.74 Å². The molecule has 1 aliphatic heterocycles. The van der Waals surface area contributed by atoms with Crippen molar-refractivity contribution in [1.29, 1.82) is 0 Å². The normalized spacial score (nSPS) is 14.8. The second-order valence-electron chi connectivity index (χ2n) is 7.13. The van der Waals surface area contributed by atoms with Crippen LogP contribution in [0, 0.1) is 0 Å². The van der Waals surface area contributed by atoms with Crippen LogP contribution in [0.5, 0.6) is 11.5 Å². The lowest BCUT2D eigenvalue weighted by molar-refractivity contribution is -0.137. The van der Waals surface area contributed by atoms with Crippen LogP contribution in [0.4, 0.5) is 26.3 Å². The number of ether oxygens (including phenoxy) is 1. The fourth-order valence-electron chi connectivity index (χ4n) is 3.15. The van der Waals surface area contributed by atoms with Crippen LogP contribution < -0.4 is 4.74 Å². The van der Waals surface area contributed by atoms with Crippen LogP contribution in [0.25, 0.3) is 0 Å². The third-order valence-corrected chi connectivity index (χ3v) is 6.34. The molecule has 3 rings (SSSR count). The number of rotatable bonds is 5. The van der Waals surface area contributed by atoms with E-state index in [0.717, 1.165) is 17.7 Å². The van der Waals surface area contributed by atoms with Gasteiger partial charge in [0, 0.05) is 19.5 Å². The summed E-state index contributed by atoms with van der Waals surface area (Å²) in [5.41, 5.74) is -4.68. The van der Waals surface area contributed by atoms with Crippen LogP contribution in [0.3, 0.4) is 0 Å². The third-order valence-electron chi connectivity index (χ3n) is 4.90. The van der Waals surface area contributed by atoms with Gasteiger partial charge >= 0.3 is 11.7 Å². The van der Waals surface area contributed by atoms with Crippen molar-refractivity contribution < 1.29 is 44.3 Å². The lowest BCUT2D eigenvalue weighted by Gasteiger charge is -2.29. The molecule has 5 nitrogen and oxygen atoms in total. The Bertz CT molecular complexity index is 1090. The molecule has 0 fully saturated rings. The molecular weight excluding hydrogens is 464 g/mol. The summed E-state index contributed by atoms with van der Waals surface area (Å²) in [4.78, 5) is 13.5. The molecule has 0 N–H and O–H groups in total. The molecule has 0 spiro atoms. The molecule has 0 saturated heterocycles. The Morgan fingerprint density at radius 1 is 0.938 bits per heavy atom. The van der Waals surface area contributed by atoms with Crippen molar-refractivity contribution in [2.45, 2.75) is 31.1 Å². The molecule has 1 heterocycles. The van der Waals surface area contributed by atoms with E-state index < -0.39 is 45.2 Å². The van der Waals surface area contributed by atoms with Gasteiger partial charge in [0.25, 0.3) is 0 Å². The van der Waals surface area contributed by atoms with Gasteiger partial charge in [0.05, 0.1) is 11.3 Å². The number of carbonyl (C=O) groups is 1. The Hall–Kier alpha value is -2.76. The quantitative estimate of drug-likeness (QED) is 0.581. The number of hydrogen-bond donors (Lipinski definition) is 0. The molecule has 0 aromatic heterocycles. The molecule has 0 saturated carbocycles. The molecule has 2 aromatic rings. The fourth-order valence-corrected chi connectivity index (χ4v) is 3.82. The van der Waals surface area contributed by atoms with Crippen molar-refractivity contribution in [2.75, 3.05) is 12.3 Å². The minimum Gasteiger partial charge on any atom is -0.457 e. The van der Waals surface area contributed by atoms with E-state index in [1.165, 1.54) is 17.0 Å². The van der Waals surface area contributed by atoms with E-state index in [1.54, 1.807) is 18.2 Å². The van der Waals surface area contributed by atoms with E-state index in [-0.39, 0.29) is 18.8 Å². The second kappa shape index (κ2) is 8.64. The zero-order chi connectivity index (χ0) is 23.7. The number of nitrogens with zero attached hydrogens (tertiary/aromatic N) is 1. The summed E-state index contributed by atoms with van der Waals surface area (Å²) < 4.78 is 103. The first-order valence-corrected chi connectivity index (χ1v) is 11.0. The van der Waals surface area contributed by atoms with E-state index in [0.29, 0.717) is 17.7 Å². The summed E-state index contributed by atoms with van der Waals surface area (Å²) in [6.07, 6.45) is -4.87. The average molecular weight is 481 g/mol. The molecular formula is C20H17F6NO4S. The average Bonchev–Trinajstić information content (AvgIpc) is 2.70. The molecule has 174 valence electrons. The molecule has 0 bridgehead atoms. The first-order chi connectivity index (χ1) is 14.8. The number of fused-ring (bicyclic) bond motifs is 1. The van der Waals surface area contributed by atoms with Crippen molar-refractivity contribution in [1.82, 2.24) is 4.90 Å². The van der Waals surface area contributed by atoms with Gasteiger partial charge in [-0.15, -0.1) is 0 Å². The van der Waals surface area contributed by atoms with Crippen molar-refractivity contribution >= 4 is 15.7 Å². The maximum atomic E-state index is 12.6. The van der Waals surface area contributed by atoms with E-state index in [2.05, 4.69) is 0 Å². The summed E-state index contributed by atoms with van der Waals surface area (Å²) in [5, 5.41) is 0. The Labute approximate surface area is 179 Å². The molecule has 32 heavy (non-hydrogen) atoms. The Morgan fingerprint density at radius 2 is 1.56 bits per heavy atom. The molecule has 0 radical (unpaired) electrons. The zero-order valence-corrected chi connectivity index (χ0v) is 17.1. The fraction of sp³-hybridized carbons (Fsp3) is 0.350. The number of halogens is 6. The van der Waals surface area contributed by atoms with Gasteiger partial charge < -0.3 is 9.64 Å². The highest BCUT2D eigenvalue weighted by Gasteiger charge is 2.45. The smallest absolute Gasteiger partial charge is 0.457 e. The lowest BCUT2D eigenvalue weighted by Crippen LogP contribution is -2.37. The van der Waals surface area contributed by atoms with Gasteiger partial charge in [-0.3, -0.25) is 4.79 Å². The predicted molar refractivity (Wildman–Crippen MR) is 102 cm³/mol. The molecule has 2 aromatic carbocycles. The van der Waals surface area contributed by atoms with Gasteiger partial charge in [0.2, 0.25) is 15.7 Å². The van der Waals surface area contributed by atoms with Crippen LogP contribution in [0.2, 0.25) is 0 Å². The minimum atomic E-state index is -5.40. The lowest BCUT2D eigenvalue weighted by atomic mass is 9.99. The first-order valence-electron chi connectivity index (χ1n) is 9.30. The monoisotopic (exact) mass is 481 g/mol. The van der Waals surface area contributed by atoms with Gasteiger partial charge in [-0.1, -0.05) is 6.07 Å². The number of benzene rings is 2. The molecule has 0 unspecified atom stereocenters. The largest absolute Gasteiger partial charge is 0.497 e. The van der Waals surface area contributed by atoms with Gasteiger partial charge in [-0.05, 0) is 53.9 Å². The van der Waals surface area contributed by atoms with Gasteiger partial charge in [0.15, 0.2) is 0 Å². The van der Waals surface area contributed by atoms with Gasteiger partial charge in [0.1, 0.15) is 11.5 Å². The standard InChI is InChI=1S/C20H17F6NO4S/c21-19(22,23)15-2-5-16(6-3-15)31-17-4-1-14-12-27(9-7-13(14)11-17)18(28)8-10-32(29,30)20(24,25)26/h1-6,11H,7-10,12H2. The van der Waals surface area contributed by atoms with Crippen molar-refractivity contribution in [2.24, 2.45) is 0 Å². The van der Waals surface area contributed by atoms with Crippen LogP contribution >= 0.6 is 0 Å². The molecule has 1 amide bonds. The minimum absolute atomic E-state index is 0.0980. The van der Waals surface area contributed by atoms with Crippen molar-refractivity contribution in [3.8, 4) is 11.5 Å². The predicted octanol–water partition coefficient (Wildman–Crippen LogP) is 4.71.